The fourth-order valence-corrected chi connectivity index (χ4v) is 2.08. The molecule has 0 saturated carbocycles. The van der Waals surface area contributed by atoms with Gasteiger partial charge in [-0.25, -0.2) is 0 Å². The van der Waals surface area contributed by atoms with Crippen molar-refractivity contribution in [1.29, 1.82) is 0 Å². The number of hydrogen-bond acceptors (Lipinski definition) is 3. The maximum absolute atomic E-state index is 11.0. The third-order valence-corrected chi connectivity index (χ3v) is 3.29. The Morgan fingerprint density at radius 2 is 1.95 bits per heavy atom. The molecule has 20 heavy (non-hydrogen) atoms. The predicted molar refractivity (Wildman–Crippen MR) is 80.3 cm³/mol. The Kier molecular flexibility index (Phi) is 4.48. The summed E-state index contributed by atoms with van der Waals surface area (Å²) in [4.78, 5) is 11.0. The number of methoxy groups -OCH3 is 1. The summed E-state index contributed by atoms with van der Waals surface area (Å²) in [6, 6.07) is 12.5. The van der Waals surface area contributed by atoms with Crippen molar-refractivity contribution in [3.05, 3.63) is 58.6 Å². The maximum Gasteiger partial charge on any atom is 0.248 e. The zero-order valence-electron chi connectivity index (χ0n) is 11.0. The normalized spacial score (nSPS) is 10.1. The molecule has 0 aromatic heterocycles. The van der Waals surface area contributed by atoms with Crippen LogP contribution in [-0.2, 0) is 6.54 Å². The van der Waals surface area contributed by atoms with E-state index in [2.05, 4.69) is 5.32 Å². The van der Waals surface area contributed by atoms with Crippen LogP contribution in [0.3, 0.4) is 0 Å². The number of halogens is 1. The number of ether oxygens (including phenoxy) is 1. The summed E-state index contributed by atoms with van der Waals surface area (Å²) in [6.07, 6.45) is 0. The highest BCUT2D eigenvalue weighted by Crippen LogP contribution is 2.27. The zero-order valence-corrected chi connectivity index (χ0v) is 11.8. The van der Waals surface area contributed by atoms with Gasteiger partial charge >= 0.3 is 0 Å². The number of amides is 1. The molecule has 2 aromatic carbocycles. The van der Waals surface area contributed by atoms with Gasteiger partial charge in [0.15, 0.2) is 0 Å². The molecule has 3 N–H and O–H groups in total. The Bertz CT molecular complexity index is 612. The number of rotatable bonds is 5. The summed E-state index contributed by atoms with van der Waals surface area (Å²) in [6.45, 7) is 0.527. The molecular formula is C15H15ClN2O2. The van der Waals surface area contributed by atoms with E-state index in [1.54, 1.807) is 31.4 Å². The van der Waals surface area contributed by atoms with Gasteiger partial charge in [0, 0.05) is 28.4 Å². The number of carbonyl (C=O) groups excluding carboxylic acids is 1. The molecule has 5 heteroatoms. The Balaban J connectivity index is 2.11. The molecule has 0 aliphatic heterocycles. The van der Waals surface area contributed by atoms with Crippen molar-refractivity contribution in [3.63, 3.8) is 0 Å². The first kappa shape index (κ1) is 14.2. The van der Waals surface area contributed by atoms with Crippen LogP contribution in [0, 0.1) is 0 Å². The lowest BCUT2D eigenvalue weighted by atomic mass is 10.1. The number of primary amides is 1. The van der Waals surface area contributed by atoms with Crippen LogP contribution >= 0.6 is 11.6 Å². The molecule has 0 bridgehead atoms. The first-order valence-corrected chi connectivity index (χ1v) is 6.44. The molecule has 0 aliphatic rings. The smallest absolute Gasteiger partial charge is 0.248 e. The van der Waals surface area contributed by atoms with E-state index in [1.807, 2.05) is 18.2 Å². The summed E-state index contributed by atoms with van der Waals surface area (Å²) in [7, 11) is 1.61. The standard InChI is InChI=1S/C15H15ClN2O2/c1-20-14-4-2-3-13(16)12(14)9-18-11-7-5-10(6-8-11)15(17)19/h2-8,18H,9H2,1H3,(H2,17,19). The quantitative estimate of drug-likeness (QED) is 0.889. The molecule has 0 unspecified atom stereocenters. The summed E-state index contributed by atoms with van der Waals surface area (Å²) >= 11 is 6.16. The highest BCUT2D eigenvalue weighted by Gasteiger charge is 2.07. The van der Waals surface area contributed by atoms with Gasteiger partial charge in [-0.1, -0.05) is 17.7 Å². The third-order valence-electron chi connectivity index (χ3n) is 2.93. The lowest BCUT2D eigenvalue weighted by Gasteiger charge is -2.12. The Morgan fingerprint density at radius 3 is 2.55 bits per heavy atom. The van der Waals surface area contributed by atoms with Crippen LogP contribution in [0.5, 0.6) is 5.75 Å². The zero-order chi connectivity index (χ0) is 14.5. The van der Waals surface area contributed by atoms with Crippen molar-refractivity contribution in [1.82, 2.24) is 0 Å². The molecule has 1 amide bonds. The van der Waals surface area contributed by atoms with E-state index in [9.17, 15) is 4.79 Å². The SMILES string of the molecule is COc1cccc(Cl)c1CNc1ccc(C(N)=O)cc1. The molecule has 4 nitrogen and oxygen atoms in total. The molecule has 2 rings (SSSR count). The minimum Gasteiger partial charge on any atom is -0.496 e. The molecule has 2 aromatic rings. The van der Waals surface area contributed by atoms with Crippen LogP contribution in [0.25, 0.3) is 0 Å². The highest BCUT2D eigenvalue weighted by molar-refractivity contribution is 6.31. The summed E-state index contributed by atoms with van der Waals surface area (Å²) in [5.74, 6) is 0.295. The monoisotopic (exact) mass is 290 g/mol. The van der Waals surface area contributed by atoms with Gasteiger partial charge in [-0.3, -0.25) is 4.79 Å². The number of nitrogens with two attached hydrogens (primary N) is 1. The number of nitrogens with one attached hydrogen (secondary N) is 1. The second kappa shape index (κ2) is 6.30. The fourth-order valence-electron chi connectivity index (χ4n) is 1.84. The average Bonchev–Trinajstić information content (AvgIpc) is 2.46. The van der Waals surface area contributed by atoms with Crippen molar-refractivity contribution in [2.75, 3.05) is 12.4 Å². The predicted octanol–water partition coefficient (Wildman–Crippen LogP) is 3.06. The molecule has 104 valence electrons. The minimum absolute atomic E-state index is 0.440. The van der Waals surface area contributed by atoms with E-state index in [0.29, 0.717) is 17.1 Å². The van der Waals surface area contributed by atoms with E-state index in [-0.39, 0.29) is 0 Å². The Hall–Kier alpha value is -2.20. The lowest BCUT2D eigenvalue weighted by molar-refractivity contribution is 0.100. The second-order valence-electron chi connectivity index (χ2n) is 4.22. The van der Waals surface area contributed by atoms with Crippen molar-refractivity contribution < 1.29 is 9.53 Å². The van der Waals surface area contributed by atoms with E-state index in [4.69, 9.17) is 22.1 Å². The molecule has 0 fully saturated rings. The van der Waals surface area contributed by atoms with Crippen LogP contribution in [0.2, 0.25) is 5.02 Å². The van der Waals surface area contributed by atoms with E-state index >= 15 is 0 Å². The van der Waals surface area contributed by atoms with Gasteiger partial charge in [-0.05, 0) is 36.4 Å². The van der Waals surface area contributed by atoms with E-state index in [0.717, 1.165) is 17.0 Å². The second-order valence-corrected chi connectivity index (χ2v) is 4.62. The van der Waals surface area contributed by atoms with Crippen molar-refractivity contribution in [2.45, 2.75) is 6.54 Å². The van der Waals surface area contributed by atoms with Gasteiger partial charge in [-0.2, -0.15) is 0 Å². The molecule has 0 aliphatic carbocycles. The van der Waals surface area contributed by atoms with Crippen LogP contribution in [-0.4, -0.2) is 13.0 Å². The van der Waals surface area contributed by atoms with Crippen molar-refractivity contribution in [2.24, 2.45) is 5.73 Å². The first-order chi connectivity index (χ1) is 9.61. The van der Waals surface area contributed by atoms with E-state index < -0.39 is 5.91 Å². The summed E-state index contributed by atoms with van der Waals surface area (Å²) < 4.78 is 5.28. The van der Waals surface area contributed by atoms with E-state index in [1.165, 1.54) is 0 Å². The van der Waals surface area contributed by atoms with Crippen LogP contribution < -0.4 is 15.8 Å². The third kappa shape index (κ3) is 3.22. The van der Waals surface area contributed by atoms with Gasteiger partial charge in [0.05, 0.1) is 7.11 Å². The Labute approximate surface area is 122 Å². The van der Waals surface area contributed by atoms with Gasteiger partial charge < -0.3 is 15.8 Å². The molecule has 0 heterocycles. The number of anilines is 1. The van der Waals surface area contributed by atoms with Gasteiger partial charge in [-0.15, -0.1) is 0 Å². The first-order valence-electron chi connectivity index (χ1n) is 6.07. The maximum atomic E-state index is 11.0. The van der Waals surface area contributed by atoms with Gasteiger partial charge in [0.25, 0.3) is 0 Å². The van der Waals surface area contributed by atoms with Gasteiger partial charge in [0.1, 0.15) is 5.75 Å². The van der Waals surface area contributed by atoms with Gasteiger partial charge in [0.2, 0.25) is 5.91 Å². The number of carbonyl (C=O) groups is 1. The molecular weight excluding hydrogens is 276 g/mol. The number of hydrogen-bond donors (Lipinski definition) is 2. The molecule has 0 spiro atoms. The molecule has 0 radical (unpaired) electrons. The van der Waals surface area contributed by atoms with Crippen LogP contribution in [0.4, 0.5) is 5.69 Å². The number of benzene rings is 2. The molecule has 0 saturated heterocycles. The summed E-state index contributed by atoms with van der Waals surface area (Å²) in [5.41, 5.74) is 7.43. The minimum atomic E-state index is -0.440. The van der Waals surface area contributed by atoms with Crippen molar-refractivity contribution >= 4 is 23.2 Å². The average molecular weight is 291 g/mol. The fraction of sp³-hybridized carbons (Fsp3) is 0.133. The lowest BCUT2D eigenvalue weighted by Crippen LogP contribution is -2.10. The highest BCUT2D eigenvalue weighted by atomic mass is 35.5. The van der Waals surface area contributed by atoms with Crippen LogP contribution in [0.15, 0.2) is 42.5 Å². The topological polar surface area (TPSA) is 64.3 Å². The summed E-state index contributed by atoms with van der Waals surface area (Å²) in [5, 5.41) is 3.87. The largest absolute Gasteiger partial charge is 0.496 e. The Morgan fingerprint density at radius 1 is 1.25 bits per heavy atom. The van der Waals surface area contributed by atoms with Crippen molar-refractivity contribution in [3.8, 4) is 5.75 Å². The molecule has 0 atom stereocenters. The van der Waals surface area contributed by atoms with Crippen LogP contribution in [0.1, 0.15) is 15.9 Å².